The molecule has 2 N–H and O–H groups in total. The van der Waals surface area contributed by atoms with E-state index in [4.69, 9.17) is 14.2 Å². The predicted molar refractivity (Wildman–Crippen MR) is 229 cm³/mol. The quantitative estimate of drug-likeness (QED) is 0.213. The summed E-state index contributed by atoms with van der Waals surface area (Å²) in [7, 11) is 0. The molecule has 4 saturated heterocycles. The van der Waals surface area contributed by atoms with Gasteiger partial charge in [0.2, 0.25) is 11.8 Å². The van der Waals surface area contributed by atoms with Crippen molar-refractivity contribution in [2.45, 2.75) is 87.0 Å². The van der Waals surface area contributed by atoms with Gasteiger partial charge < -0.3 is 34.0 Å². The Morgan fingerprint density at radius 1 is 0.787 bits per heavy atom. The van der Waals surface area contributed by atoms with E-state index in [1.54, 1.807) is 4.90 Å². The number of aromatic hydroxyl groups is 1. The largest absolute Gasteiger partial charge is 0.508 e. The van der Waals surface area contributed by atoms with Crippen LogP contribution in [0, 0.1) is 5.92 Å². The highest BCUT2D eigenvalue weighted by Crippen LogP contribution is 2.50. The summed E-state index contributed by atoms with van der Waals surface area (Å²) in [6.07, 6.45) is 6.23. The third kappa shape index (κ3) is 6.89. The number of rotatable bonds is 6. The molecule has 0 aromatic heterocycles. The number of anilines is 1. The van der Waals surface area contributed by atoms with Crippen LogP contribution < -0.4 is 15.0 Å². The van der Waals surface area contributed by atoms with E-state index >= 15 is 0 Å². The fraction of sp³-hybridized carbons (Fsp3) is 0.460. The van der Waals surface area contributed by atoms with E-state index in [0.29, 0.717) is 55.9 Å². The lowest BCUT2D eigenvalue weighted by atomic mass is 9.69. The molecule has 0 saturated carbocycles. The summed E-state index contributed by atoms with van der Waals surface area (Å²) < 4.78 is 19.6. The van der Waals surface area contributed by atoms with Crippen molar-refractivity contribution in [3.05, 3.63) is 124 Å². The Balaban J connectivity index is 0.678. The Kier molecular flexibility index (Phi) is 9.69. The van der Waals surface area contributed by atoms with Crippen LogP contribution >= 0.6 is 0 Å². The minimum atomic E-state index is -0.634. The molecule has 1 aliphatic carbocycles. The normalized spacial score (nSPS) is 25.9. The van der Waals surface area contributed by atoms with Crippen LogP contribution in [0.4, 0.5) is 5.69 Å². The van der Waals surface area contributed by atoms with Crippen molar-refractivity contribution in [2.75, 3.05) is 57.4 Å². The Morgan fingerprint density at radius 3 is 2.31 bits per heavy atom. The smallest absolute Gasteiger partial charge is 0.255 e. The number of fused-ring (bicyclic) bond motifs is 5. The summed E-state index contributed by atoms with van der Waals surface area (Å²) >= 11 is 0. The van der Waals surface area contributed by atoms with Crippen LogP contribution in [-0.4, -0.2) is 97.0 Å². The average molecular weight is 823 g/mol. The number of hydrogen-bond acceptors (Lipinski definition) is 9. The van der Waals surface area contributed by atoms with Gasteiger partial charge in [0.25, 0.3) is 5.91 Å². The highest BCUT2D eigenvalue weighted by atomic mass is 16.7. The maximum Gasteiger partial charge on any atom is 0.255 e. The number of benzene rings is 4. The van der Waals surface area contributed by atoms with Gasteiger partial charge in [0, 0.05) is 78.5 Å². The third-order valence-electron chi connectivity index (χ3n) is 15.2. The third-order valence-corrected chi connectivity index (χ3v) is 15.2. The minimum Gasteiger partial charge on any atom is -0.508 e. The number of aryl methyl sites for hydroxylation is 1. The number of likely N-dealkylation sites (tertiary alicyclic amines) is 1. The molecule has 11 rings (SSSR count). The molecule has 11 heteroatoms. The van der Waals surface area contributed by atoms with Crippen molar-refractivity contribution in [3.63, 3.8) is 0 Å². The van der Waals surface area contributed by atoms with Gasteiger partial charge in [0.1, 0.15) is 17.5 Å². The zero-order valence-electron chi connectivity index (χ0n) is 34.7. The van der Waals surface area contributed by atoms with E-state index in [1.807, 2.05) is 18.2 Å². The summed E-state index contributed by atoms with van der Waals surface area (Å²) in [5.41, 5.74) is 9.07. The van der Waals surface area contributed by atoms with Crippen LogP contribution in [0.5, 0.6) is 11.5 Å². The molecule has 2 spiro atoms. The zero-order valence-corrected chi connectivity index (χ0v) is 34.7. The molecule has 0 bridgehead atoms. The molecule has 316 valence electrons. The zero-order chi connectivity index (χ0) is 41.3. The van der Waals surface area contributed by atoms with E-state index in [2.05, 4.69) is 81.8 Å². The number of nitrogens with one attached hydrogen (secondary N) is 1. The Bertz CT molecular complexity index is 2340. The fourth-order valence-electron chi connectivity index (χ4n) is 11.7. The van der Waals surface area contributed by atoms with Crippen molar-refractivity contribution in [1.82, 2.24) is 15.1 Å². The number of carbonyl (C=O) groups is 3. The lowest BCUT2D eigenvalue weighted by Gasteiger charge is -2.47. The Morgan fingerprint density at radius 2 is 1.56 bits per heavy atom. The molecule has 6 aliphatic heterocycles. The molecule has 11 nitrogen and oxygen atoms in total. The molecule has 4 fully saturated rings. The lowest BCUT2D eigenvalue weighted by molar-refractivity contribution is -0.291. The van der Waals surface area contributed by atoms with Gasteiger partial charge in [-0.3, -0.25) is 19.7 Å². The molecule has 0 unspecified atom stereocenters. The lowest BCUT2D eigenvalue weighted by Crippen LogP contribution is -2.54. The van der Waals surface area contributed by atoms with Gasteiger partial charge in [-0.25, -0.2) is 0 Å². The second-order valence-corrected chi connectivity index (χ2v) is 18.6. The van der Waals surface area contributed by atoms with Crippen LogP contribution in [0.1, 0.15) is 101 Å². The number of phenolic OH excluding ortho intramolecular Hbond substituents is 1. The number of imide groups is 1. The first-order valence-corrected chi connectivity index (χ1v) is 22.4. The highest BCUT2D eigenvalue weighted by molar-refractivity contribution is 6.05. The van der Waals surface area contributed by atoms with Crippen LogP contribution in [0.2, 0.25) is 0 Å². The van der Waals surface area contributed by atoms with Crippen molar-refractivity contribution >= 4 is 23.4 Å². The monoisotopic (exact) mass is 822 g/mol. The summed E-state index contributed by atoms with van der Waals surface area (Å²) in [4.78, 5) is 44.4. The fourth-order valence-corrected chi connectivity index (χ4v) is 11.7. The molecule has 3 amide bonds. The molecular weight excluding hydrogens is 769 g/mol. The summed E-state index contributed by atoms with van der Waals surface area (Å²) in [6, 6.07) is 29.4. The number of amides is 3. The molecular formula is C50H54N4O7. The van der Waals surface area contributed by atoms with Crippen molar-refractivity contribution in [1.29, 1.82) is 0 Å². The van der Waals surface area contributed by atoms with E-state index in [9.17, 15) is 19.5 Å². The first-order chi connectivity index (χ1) is 29.7. The molecule has 61 heavy (non-hydrogen) atoms. The number of hydrogen-bond donors (Lipinski definition) is 2. The Labute approximate surface area is 356 Å². The van der Waals surface area contributed by atoms with Gasteiger partial charge in [-0.15, -0.1) is 0 Å². The maximum absolute atomic E-state index is 13.4. The number of nitrogens with zero attached hydrogens (tertiary/aromatic N) is 3. The van der Waals surface area contributed by atoms with Crippen molar-refractivity contribution in [2.24, 2.45) is 5.92 Å². The predicted octanol–water partition coefficient (Wildman–Crippen LogP) is 6.40. The van der Waals surface area contributed by atoms with Gasteiger partial charge in [0.15, 0.2) is 5.79 Å². The molecule has 3 atom stereocenters. The summed E-state index contributed by atoms with van der Waals surface area (Å²) in [6.45, 7) is 6.97. The number of phenols is 1. The number of carbonyl (C=O) groups excluding carboxylic acids is 3. The van der Waals surface area contributed by atoms with Gasteiger partial charge >= 0.3 is 0 Å². The highest BCUT2D eigenvalue weighted by Gasteiger charge is 2.48. The van der Waals surface area contributed by atoms with Crippen molar-refractivity contribution < 1.29 is 33.7 Å². The van der Waals surface area contributed by atoms with E-state index < -0.39 is 17.7 Å². The first kappa shape index (κ1) is 38.7. The maximum atomic E-state index is 13.4. The van der Waals surface area contributed by atoms with Crippen LogP contribution in [-0.2, 0) is 37.4 Å². The molecule has 6 heterocycles. The van der Waals surface area contributed by atoms with Gasteiger partial charge in [-0.2, -0.15) is 0 Å². The van der Waals surface area contributed by atoms with E-state index in [1.165, 1.54) is 33.5 Å². The average Bonchev–Trinajstić information content (AvgIpc) is 3.82. The second kappa shape index (κ2) is 15.3. The van der Waals surface area contributed by atoms with Crippen LogP contribution in [0.15, 0.2) is 84.9 Å². The van der Waals surface area contributed by atoms with E-state index in [0.717, 1.165) is 82.6 Å². The van der Waals surface area contributed by atoms with Gasteiger partial charge in [-0.1, -0.05) is 54.6 Å². The topological polar surface area (TPSA) is 121 Å². The second-order valence-electron chi connectivity index (χ2n) is 18.6. The molecule has 4 aromatic rings. The molecule has 0 radical (unpaired) electrons. The Hall–Kier alpha value is -5.23. The molecule has 7 aliphatic rings. The SMILES string of the molecule is O=C1CC[C@H](N2Cc3c(ccc4c3OCC43CCN(CC4COC5(CCN(c6ccc([C@@H]7c8ccc(O)cc8CC[C@@H]7c7ccccc7)cc6)CC5)OC4)CC3)C2=O)C(=O)N1. The van der Waals surface area contributed by atoms with Crippen LogP contribution in [0.3, 0.4) is 0 Å². The van der Waals surface area contributed by atoms with Crippen LogP contribution in [0.25, 0.3) is 0 Å². The van der Waals surface area contributed by atoms with Crippen molar-refractivity contribution in [3.8, 4) is 11.5 Å². The standard InChI is InChI=1S/C50H54N4O7/c55-37-11-13-39-35(26-37)8-12-38(33-4-2-1-3-5-33)45(39)34-6-9-36(10-7-34)53-24-20-50(21-25-53)60-29-32(30-61-50)27-52-22-18-49(19-23-52)31-59-46-41-28-54(43-16-17-44(56)51-47(43)57)48(58)40(41)14-15-42(46)49/h1-7,9-11,13-15,26,32,38,43,45,55H,8,12,16-25,27-31H2,(H,51,56,57)/t38-,43+,45+/m1/s1. The van der Waals surface area contributed by atoms with Gasteiger partial charge in [0.05, 0.1) is 26.4 Å². The number of piperidine rings is 3. The summed E-state index contributed by atoms with van der Waals surface area (Å²) in [5, 5.41) is 12.7. The summed E-state index contributed by atoms with van der Waals surface area (Å²) in [5.74, 6) is 0.740. The number of ether oxygens (including phenoxy) is 3. The minimum absolute atomic E-state index is 0.0827. The van der Waals surface area contributed by atoms with E-state index in [-0.39, 0.29) is 29.6 Å². The first-order valence-electron chi connectivity index (χ1n) is 22.4. The molecule has 4 aromatic carbocycles. The van der Waals surface area contributed by atoms with Gasteiger partial charge in [-0.05, 0) is 104 Å².